The predicted molar refractivity (Wildman–Crippen MR) is 49.0 cm³/mol. The summed E-state index contributed by atoms with van der Waals surface area (Å²) in [4.78, 5) is 23.1. The molecule has 1 rings (SSSR count). The van der Waals surface area contributed by atoms with Gasteiger partial charge in [0.25, 0.3) is 0 Å². The lowest BCUT2D eigenvalue weighted by Gasteiger charge is -2.17. The third kappa shape index (κ3) is 3.24. The van der Waals surface area contributed by atoms with Gasteiger partial charge in [-0.25, -0.2) is 4.79 Å². The number of hydrogen-bond donors (Lipinski definition) is 1. The quantitative estimate of drug-likeness (QED) is 0.691. The number of rotatable bonds is 4. The molecule has 14 heavy (non-hydrogen) atoms. The highest BCUT2D eigenvalue weighted by molar-refractivity contribution is 5.78. The summed E-state index contributed by atoms with van der Waals surface area (Å²) in [5.74, 6) is 0.160. The zero-order chi connectivity index (χ0) is 10.6. The number of carboxylic acid groups (broad SMARTS) is 1. The summed E-state index contributed by atoms with van der Waals surface area (Å²) >= 11 is 0. The first-order valence-electron chi connectivity index (χ1n) is 4.77. The molecule has 0 aromatic heterocycles. The number of amides is 1. The van der Waals surface area contributed by atoms with Crippen molar-refractivity contribution in [2.75, 3.05) is 13.1 Å². The molecule has 0 bridgehead atoms. The monoisotopic (exact) mass is 201 g/mol. The van der Waals surface area contributed by atoms with Crippen molar-refractivity contribution >= 4 is 12.1 Å². The molecule has 1 N–H and O–H groups in total. The van der Waals surface area contributed by atoms with E-state index in [0.29, 0.717) is 19.4 Å². The lowest BCUT2D eigenvalue weighted by molar-refractivity contribution is -0.127. The van der Waals surface area contributed by atoms with Gasteiger partial charge in [-0.3, -0.25) is 4.79 Å². The normalized spacial score (nSPS) is 18.4. The molecule has 0 aromatic carbocycles. The maximum absolute atomic E-state index is 11.2. The third-order valence-electron chi connectivity index (χ3n) is 2.28. The Kier molecular flexibility index (Phi) is 3.73. The van der Waals surface area contributed by atoms with Crippen molar-refractivity contribution in [3.05, 3.63) is 0 Å². The molecular formula is C9H15NO4. The highest BCUT2D eigenvalue weighted by atomic mass is 16.7. The van der Waals surface area contributed by atoms with Crippen LogP contribution in [0.2, 0.25) is 0 Å². The van der Waals surface area contributed by atoms with Gasteiger partial charge in [-0.05, 0) is 13.3 Å². The average molecular weight is 201 g/mol. The molecule has 1 aliphatic heterocycles. The third-order valence-corrected chi connectivity index (χ3v) is 2.28. The fraction of sp³-hybridized carbons (Fsp3) is 0.778. The van der Waals surface area contributed by atoms with Crippen LogP contribution in [0.4, 0.5) is 4.79 Å². The van der Waals surface area contributed by atoms with E-state index in [0.717, 1.165) is 13.0 Å². The number of nitrogens with zero attached hydrogens (tertiary/aromatic N) is 1. The van der Waals surface area contributed by atoms with Gasteiger partial charge in [-0.15, -0.1) is 0 Å². The Balaban J connectivity index is 2.19. The van der Waals surface area contributed by atoms with Crippen LogP contribution >= 0.6 is 0 Å². The first-order valence-corrected chi connectivity index (χ1v) is 4.77. The Labute approximate surface area is 82.6 Å². The summed E-state index contributed by atoms with van der Waals surface area (Å²) in [5.41, 5.74) is 0. The second kappa shape index (κ2) is 4.83. The lowest BCUT2D eigenvalue weighted by Crippen LogP contribution is -2.28. The lowest BCUT2D eigenvalue weighted by atomic mass is 10.3. The van der Waals surface area contributed by atoms with E-state index in [1.54, 1.807) is 11.8 Å². The van der Waals surface area contributed by atoms with Gasteiger partial charge in [0.15, 0.2) is 0 Å². The van der Waals surface area contributed by atoms with Crippen molar-refractivity contribution in [2.24, 2.45) is 0 Å². The van der Waals surface area contributed by atoms with Crippen LogP contribution in [0.5, 0.6) is 0 Å². The number of carbonyl (C=O) groups is 2. The zero-order valence-electron chi connectivity index (χ0n) is 8.23. The predicted octanol–water partition coefficient (Wildman–Crippen LogP) is 1.08. The highest BCUT2D eigenvalue weighted by Gasteiger charge is 2.20. The smallest absolute Gasteiger partial charge is 0.450 e. The summed E-state index contributed by atoms with van der Waals surface area (Å²) < 4.78 is 4.52. The SMILES string of the molecule is CC(CCN1CCCC1=O)OC(=O)O. The van der Waals surface area contributed by atoms with Crippen molar-refractivity contribution in [2.45, 2.75) is 32.3 Å². The molecule has 1 amide bonds. The van der Waals surface area contributed by atoms with Crippen LogP contribution in [0.15, 0.2) is 0 Å². The van der Waals surface area contributed by atoms with Crippen LogP contribution in [0.1, 0.15) is 26.2 Å². The van der Waals surface area contributed by atoms with Crippen LogP contribution in [-0.4, -0.2) is 41.3 Å². The topological polar surface area (TPSA) is 66.8 Å². The van der Waals surface area contributed by atoms with Gasteiger partial charge in [0, 0.05) is 25.9 Å². The number of ether oxygens (including phenoxy) is 1. The van der Waals surface area contributed by atoms with Crippen LogP contribution in [0.3, 0.4) is 0 Å². The Morgan fingerprint density at radius 2 is 2.43 bits per heavy atom. The molecule has 80 valence electrons. The summed E-state index contributed by atoms with van der Waals surface area (Å²) in [6, 6.07) is 0. The minimum atomic E-state index is -1.26. The van der Waals surface area contributed by atoms with E-state index in [2.05, 4.69) is 4.74 Å². The molecule has 1 unspecified atom stereocenters. The molecule has 0 aromatic rings. The molecule has 1 saturated heterocycles. The zero-order valence-corrected chi connectivity index (χ0v) is 8.23. The second-order valence-corrected chi connectivity index (χ2v) is 3.47. The molecule has 5 heteroatoms. The van der Waals surface area contributed by atoms with Gasteiger partial charge in [0.05, 0.1) is 0 Å². The van der Waals surface area contributed by atoms with E-state index in [9.17, 15) is 9.59 Å². The minimum absolute atomic E-state index is 0.160. The van der Waals surface area contributed by atoms with Crippen molar-refractivity contribution < 1.29 is 19.4 Å². The summed E-state index contributed by atoms with van der Waals surface area (Å²) in [6.07, 6.45) is 0.491. The minimum Gasteiger partial charge on any atom is -0.450 e. The average Bonchev–Trinajstić information content (AvgIpc) is 2.46. The number of likely N-dealkylation sites (tertiary alicyclic amines) is 1. The van der Waals surface area contributed by atoms with Crippen LogP contribution in [-0.2, 0) is 9.53 Å². The largest absolute Gasteiger partial charge is 0.506 e. The Bertz CT molecular complexity index is 229. The van der Waals surface area contributed by atoms with E-state index in [4.69, 9.17) is 5.11 Å². The standard InChI is InChI=1S/C9H15NO4/c1-7(14-9(12)13)4-6-10-5-2-3-8(10)11/h7H,2-6H2,1H3,(H,12,13). The highest BCUT2D eigenvalue weighted by Crippen LogP contribution is 2.11. The van der Waals surface area contributed by atoms with Gasteiger partial charge in [-0.2, -0.15) is 0 Å². The maximum atomic E-state index is 11.2. The molecule has 1 aliphatic rings. The van der Waals surface area contributed by atoms with Crippen molar-refractivity contribution in [3.8, 4) is 0 Å². The summed E-state index contributed by atoms with van der Waals surface area (Å²) in [5, 5.41) is 8.33. The molecule has 1 atom stereocenters. The van der Waals surface area contributed by atoms with Gasteiger partial charge < -0.3 is 14.7 Å². The molecule has 0 aliphatic carbocycles. The first-order chi connectivity index (χ1) is 6.59. The molecule has 5 nitrogen and oxygen atoms in total. The Morgan fingerprint density at radius 1 is 1.71 bits per heavy atom. The molecule has 1 fully saturated rings. The fourth-order valence-corrected chi connectivity index (χ4v) is 1.51. The van der Waals surface area contributed by atoms with Gasteiger partial charge >= 0.3 is 6.16 Å². The fourth-order valence-electron chi connectivity index (χ4n) is 1.51. The summed E-state index contributed by atoms with van der Waals surface area (Å²) in [7, 11) is 0. The van der Waals surface area contributed by atoms with Crippen LogP contribution in [0, 0.1) is 0 Å². The Hall–Kier alpha value is -1.26. The Morgan fingerprint density at radius 3 is 2.93 bits per heavy atom. The van der Waals surface area contributed by atoms with Gasteiger partial charge in [0.2, 0.25) is 5.91 Å². The van der Waals surface area contributed by atoms with Crippen LogP contribution in [0.25, 0.3) is 0 Å². The van der Waals surface area contributed by atoms with Gasteiger partial charge in [0.1, 0.15) is 6.10 Å². The van der Waals surface area contributed by atoms with Crippen molar-refractivity contribution in [3.63, 3.8) is 0 Å². The van der Waals surface area contributed by atoms with Crippen LogP contribution < -0.4 is 0 Å². The number of carbonyl (C=O) groups excluding carboxylic acids is 1. The first kappa shape index (κ1) is 10.8. The van der Waals surface area contributed by atoms with E-state index >= 15 is 0 Å². The van der Waals surface area contributed by atoms with E-state index in [1.807, 2.05) is 0 Å². The summed E-state index contributed by atoms with van der Waals surface area (Å²) in [6.45, 7) is 3.07. The van der Waals surface area contributed by atoms with E-state index in [1.165, 1.54) is 0 Å². The molecule has 0 spiro atoms. The van der Waals surface area contributed by atoms with Gasteiger partial charge in [-0.1, -0.05) is 0 Å². The van der Waals surface area contributed by atoms with E-state index in [-0.39, 0.29) is 12.0 Å². The number of hydrogen-bond acceptors (Lipinski definition) is 3. The second-order valence-electron chi connectivity index (χ2n) is 3.47. The van der Waals surface area contributed by atoms with Crippen molar-refractivity contribution in [1.29, 1.82) is 0 Å². The van der Waals surface area contributed by atoms with Crippen molar-refractivity contribution in [1.82, 2.24) is 4.90 Å². The van der Waals surface area contributed by atoms with E-state index < -0.39 is 6.16 Å². The molecule has 0 saturated carbocycles. The molecule has 1 heterocycles. The maximum Gasteiger partial charge on any atom is 0.506 e. The molecule has 0 radical (unpaired) electrons. The molecular weight excluding hydrogens is 186 g/mol.